The van der Waals surface area contributed by atoms with Gasteiger partial charge < -0.3 is 0 Å². The van der Waals surface area contributed by atoms with Gasteiger partial charge in [0.25, 0.3) is 5.91 Å². The first-order chi connectivity index (χ1) is 8.54. The van der Waals surface area contributed by atoms with Gasteiger partial charge in [0.15, 0.2) is 0 Å². The van der Waals surface area contributed by atoms with Crippen molar-refractivity contribution in [3.05, 3.63) is 35.4 Å². The van der Waals surface area contributed by atoms with Gasteiger partial charge in [-0.3, -0.25) is 4.79 Å². The maximum atomic E-state index is 11.8. The summed E-state index contributed by atoms with van der Waals surface area (Å²) < 4.78 is 0. The second-order valence-electron chi connectivity index (χ2n) is 4.81. The minimum atomic E-state index is -0.152. The summed E-state index contributed by atoms with van der Waals surface area (Å²) >= 11 is 0. The molecule has 0 saturated carbocycles. The van der Waals surface area contributed by atoms with Crippen molar-refractivity contribution in [1.82, 2.24) is 5.43 Å². The van der Waals surface area contributed by atoms with Crippen LogP contribution in [0.15, 0.2) is 29.4 Å². The van der Waals surface area contributed by atoms with Crippen molar-refractivity contribution in [3.63, 3.8) is 0 Å². The van der Waals surface area contributed by atoms with Crippen molar-refractivity contribution < 1.29 is 4.79 Å². The summed E-state index contributed by atoms with van der Waals surface area (Å²) in [5.41, 5.74) is 5.41. The molecule has 0 saturated heterocycles. The molecule has 0 aromatic heterocycles. The number of amides is 1. The molecule has 1 aromatic rings. The maximum Gasteiger partial charge on any atom is 0.271 e. The molecule has 18 heavy (non-hydrogen) atoms. The fraction of sp³-hybridized carbons (Fsp3) is 0.467. The SMILES string of the molecule is CCCC(C)=NNC(=O)c1ccc(C(C)C)cc1. The Bertz CT molecular complexity index is 419. The number of nitrogens with one attached hydrogen (secondary N) is 1. The van der Waals surface area contributed by atoms with Gasteiger partial charge >= 0.3 is 0 Å². The third-order valence-corrected chi connectivity index (χ3v) is 2.80. The lowest BCUT2D eigenvalue weighted by atomic mass is 10.0. The smallest absolute Gasteiger partial charge is 0.267 e. The number of hydrogen-bond acceptors (Lipinski definition) is 2. The molecule has 0 aliphatic heterocycles. The normalized spacial score (nSPS) is 11.7. The van der Waals surface area contributed by atoms with Gasteiger partial charge in [-0.1, -0.05) is 39.3 Å². The van der Waals surface area contributed by atoms with Gasteiger partial charge in [0.05, 0.1) is 0 Å². The predicted octanol–water partition coefficient (Wildman–Crippen LogP) is 3.72. The number of nitrogens with zero attached hydrogens (tertiary/aromatic N) is 1. The topological polar surface area (TPSA) is 41.5 Å². The van der Waals surface area contributed by atoms with E-state index in [-0.39, 0.29) is 5.91 Å². The number of hydrogen-bond donors (Lipinski definition) is 1. The first-order valence-corrected chi connectivity index (χ1v) is 6.48. The molecule has 3 nitrogen and oxygen atoms in total. The highest BCUT2D eigenvalue weighted by Gasteiger charge is 2.05. The second kappa shape index (κ2) is 6.94. The van der Waals surface area contributed by atoms with Crippen molar-refractivity contribution in [2.24, 2.45) is 5.10 Å². The molecular formula is C15H22N2O. The Morgan fingerprint density at radius 3 is 2.39 bits per heavy atom. The molecule has 0 spiro atoms. The van der Waals surface area contributed by atoms with Gasteiger partial charge in [0.1, 0.15) is 0 Å². The van der Waals surface area contributed by atoms with Gasteiger partial charge in [-0.2, -0.15) is 5.10 Å². The van der Waals surface area contributed by atoms with Crippen molar-refractivity contribution in [3.8, 4) is 0 Å². The van der Waals surface area contributed by atoms with E-state index in [1.807, 2.05) is 31.2 Å². The van der Waals surface area contributed by atoms with Gasteiger partial charge in [-0.25, -0.2) is 5.43 Å². The maximum absolute atomic E-state index is 11.8. The summed E-state index contributed by atoms with van der Waals surface area (Å²) in [7, 11) is 0. The van der Waals surface area contributed by atoms with E-state index in [4.69, 9.17) is 0 Å². The number of carbonyl (C=O) groups is 1. The molecule has 0 aliphatic carbocycles. The second-order valence-corrected chi connectivity index (χ2v) is 4.81. The van der Waals surface area contributed by atoms with Gasteiger partial charge in [-0.15, -0.1) is 0 Å². The standard InChI is InChI=1S/C15H22N2O/c1-5-6-12(4)16-17-15(18)14-9-7-13(8-10-14)11(2)3/h7-11H,5-6H2,1-4H3,(H,17,18). The van der Waals surface area contributed by atoms with Crippen LogP contribution in [0.1, 0.15) is 62.4 Å². The van der Waals surface area contributed by atoms with E-state index in [2.05, 4.69) is 31.3 Å². The fourth-order valence-corrected chi connectivity index (χ4v) is 1.65. The molecule has 1 rings (SSSR count). The lowest BCUT2D eigenvalue weighted by Crippen LogP contribution is -2.19. The van der Waals surface area contributed by atoms with Crippen LogP contribution in [-0.2, 0) is 0 Å². The molecule has 0 bridgehead atoms. The highest BCUT2D eigenvalue weighted by atomic mass is 16.2. The lowest BCUT2D eigenvalue weighted by molar-refractivity contribution is 0.0954. The van der Waals surface area contributed by atoms with E-state index in [0.29, 0.717) is 11.5 Å². The Labute approximate surface area is 109 Å². The van der Waals surface area contributed by atoms with Gasteiger partial charge in [0.2, 0.25) is 0 Å². The van der Waals surface area contributed by atoms with Crippen LogP contribution in [0, 0.1) is 0 Å². The zero-order valence-electron chi connectivity index (χ0n) is 11.7. The van der Waals surface area contributed by atoms with Gasteiger partial charge in [-0.05, 0) is 37.0 Å². The van der Waals surface area contributed by atoms with Crippen molar-refractivity contribution in [2.45, 2.75) is 46.5 Å². The van der Waals surface area contributed by atoms with E-state index in [1.165, 1.54) is 5.56 Å². The highest BCUT2D eigenvalue weighted by Crippen LogP contribution is 2.14. The average Bonchev–Trinajstić information content (AvgIpc) is 2.36. The van der Waals surface area contributed by atoms with E-state index in [9.17, 15) is 4.79 Å². The van der Waals surface area contributed by atoms with Crippen LogP contribution in [0.4, 0.5) is 0 Å². The third kappa shape index (κ3) is 4.32. The molecule has 0 fully saturated rings. The molecule has 0 heterocycles. The lowest BCUT2D eigenvalue weighted by Gasteiger charge is -2.06. The molecule has 3 heteroatoms. The molecular weight excluding hydrogens is 224 g/mol. The summed E-state index contributed by atoms with van der Waals surface area (Å²) in [6.07, 6.45) is 1.95. The van der Waals surface area contributed by atoms with Crippen LogP contribution >= 0.6 is 0 Å². The largest absolute Gasteiger partial charge is 0.271 e. The minimum absolute atomic E-state index is 0.152. The molecule has 0 aliphatic rings. The summed E-state index contributed by atoms with van der Waals surface area (Å²) in [6, 6.07) is 7.66. The van der Waals surface area contributed by atoms with Crippen LogP contribution in [0.5, 0.6) is 0 Å². The Balaban J connectivity index is 2.65. The quantitative estimate of drug-likeness (QED) is 0.624. The van der Waals surface area contributed by atoms with Crippen molar-refractivity contribution in [2.75, 3.05) is 0 Å². The van der Waals surface area contributed by atoms with E-state index in [1.54, 1.807) is 0 Å². The van der Waals surface area contributed by atoms with Crippen LogP contribution in [-0.4, -0.2) is 11.6 Å². The molecule has 0 unspecified atom stereocenters. The zero-order chi connectivity index (χ0) is 13.5. The fourth-order valence-electron chi connectivity index (χ4n) is 1.65. The Hall–Kier alpha value is -1.64. The predicted molar refractivity (Wildman–Crippen MR) is 76.0 cm³/mol. The zero-order valence-corrected chi connectivity index (χ0v) is 11.7. The van der Waals surface area contributed by atoms with E-state index >= 15 is 0 Å². The van der Waals surface area contributed by atoms with Crippen molar-refractivity contribution in [1.29, 1.82) is 0 Å². The molecule has 98 valence electrons. The van der Waals surface area contributed by atoms with Crippen LogP contribution in [0.3, 0.4) is 0 Å². The average molecular weight is 246 g/mol. The number of benzene rings is 1. The first kappa shape index (κ1) is 14.4. The first-order valence-electron chi connectivity index (χ1n) is 6.48. The Morgan fingerprint density at radius 1 is 1.28 bits per heavy atom. The summed E-state index contributed by atoms with van der Waals surface area (Å²) in [4.78, 5) is 11.8. The molecule has 0 atom stereocenters. The molecule has 1 N–H and O–H groups in total. The van der Waals surface area contributed by atoms with E-state index in [0.717, 1.165) is 18.6 Å². The number of rotatable bonds is 5. The van der Waals surface area contributed by atoms with E-state index < -0.39 is 0 Å². The minimum Gasteiger partial charge on any atom is -0.267 e. The number of hydrazone groups is 1. The van der Waals surface area contributed by atoms with Crippen molar-refractivity contribution >= 4 is 11.6 Å². The molecule has 1 aromatic carbocycles. The summed E-state index contributed by atoms with van der Waals surface area (Å²) in [5.74, 6) is 0.327. The third-order valence-electron chi connectivity index (χ3n) is 2.80. The van der Waals surface area contributed by atoms with Crippen LogP contribution in [0.25, 0.3) is 0 Å². The monoisotopic (exact) mass is 246 g/mol. The summed E-state index contributed by atoms with van der Waals surface area (Å²) in [6.45, 7) is 8.28. The molecule has 1 amide bonds. The van der Waals surface area contributed by atoms with Crippen LogP contribution in [0.2, 0.25) is 0 Å². The Kier molecular flexibility index (Phi) is 5.56. The highest BCUT2D eigenvalue weighted by molar-refractivity contribution is 5.95. The summed E-state index contributed by atoms with van der Waals surface area (Å²) in [5, 5.41) is 4.06. The Morgan fingerprint density at radius 2 is 1.89 bits per heavy atom. The van der Waals surface area contributed by atoms with Crippen LogP contribution < -0.4 is 5.43 Å². The number of carbonyl (C=O) groups excluding carboxylic acids is 1. The molecule has 0 radical (unpaired) electrons. The van der Waals surface area contributed by atoms with Gasteiger partial charge in [0, 0.05) is 11.3 Å².